The number of anilines is 1. The predicted octanol–water partition coefficient (Wildman–Crippen LogP) is 3.60. The van der Waals surface area contributed by atoms with Crippen molar-refractivity contribution in [3.63, 3.8) is 0 Å². The summed E-state index contributed by atoms with van der Waals surface area (Å²) in [6.45, 7) is 1.08. The van der Waals surface area contributed by atoms with Gasteiger partial charge in [-0.25, -0.2) is 4.79 Å². The van der Waals surface area contributed by atoms with Crippen molar-refractivity contribution >= 4 is 34.6 Å². The summed E-state index contributed by atoms with van der Waals surface area (Å²) in [7, 11) is 0. The molecule has 3 aromatic carbocycles. The maximum Gasteiger partial charge on any atom is 0.344 e. The zero-order chi connectivity index (χ0) is 19.9. The Kier molecular flexibility index (Phi) is 6.01. The first-order valence-corrected chi connectivity index (χ1v) is 8.73. The Hall–Kier alpha value is -3.67. The molecule has 0 saturated carbocycles. The third-order valence-electron chi connectivity index (χ3n) is 4.09. The zero-order valence-corrected chi connectivity index (χ0v) is 15.3. The SMILES string of the molecule is C[C@H](OC(=O)COc1ccccc1C=O)C(=O)Nc1ccc2ccccc2c1. The second kappa shape index (κ2) is 8.81. The smallest absolute Gasteiger partial charge is 0.344 e. The molecular formula is C22H19NO5. The highest BCUT2D eigenvalue weighted by Crippen LogP contribution is 2.19. The maximum absolute atomic E-state index is 12.3. The van der Waals surface area contributed by atoms with Crippen LogP contribution in [0.15, 0.2) is 66.7 Å². The van der Waals surface area contributed by atoms with Gasteiger partial charge in [-0.15, -0.1) is 0 Å². The Labute approximate surface area is 162 Å². The fourth-order valence-electron chi connectivity index (χ4n) is 2.64. The van der Waals surface area contributed by atoms with Crippen molar-refractivity contribution in [2.75, 3.05) is 11.9 Å². The molecule has 6 heteroatoms. The lowest BCUT2D eigenvalue weighted by Crippen LogP contribution is -2.31. The number of amides is 1. The van der Waals surface area contributed by atoms with Crippen molar-refractivity contribution in [3.8, 4) is 5.75 Å². The highest BCUT2D eigenvalue weighted by molar-refractivity contribution is 5.97. The first-order chi connectivity index (χ1) is 13.6. The van der Waals surface area contributed by atoms with Crippen LogP contribution in [0.1, 0.15) is 17.3 Å². The van der Waals surface area contributed by atoms with E-state index in [-0.39, 0.29) is 5.75 Å². The van der Waals surface area contributed by atoms with Gasteiger partial charge >= 0.3 is 5.97 Å². The van der Waals surface area contributed by atoms with Crippen LogP contribution in [-0.4, -0.2) is 30.9 Å². The van der Waals surface area contributed by atoms with Crippen LogP contribution in [0.25, 0.3) is 10.8 Å². The fourth-order valence-corrected chi connectivity index (χ4v) is 2.64. The van der Waals surface area contributed by atoms with Crippen molar-refractivity contribution < 1.29 is 23.9 Å². The van der Waals surface area contributed by atoms with E-state index in [1.54, 1.807) is 30.3 Å². The lowest BCUT2D eigenvalue weighted by Gasteiger charge is -2.14. The number of nitrogens with one attached hydrogen (secondary N) is 1. The molecule has 0 aliphatic rings. The molecule has 0 aliphatic carbocycles. The number of hydrogen-bond acceptors (Lipinski definition) is 5. The summed E-state index contributed by atoms with van der Waals surface area (Å²) < 4.78 is 10.4. The number of rotatable bonds is 7. The molecule has 3 aromatic rings. The first-order valence-electron chi connectivity index (χ1n) is 8.73. The number of esters is 1. The minimum absolute atomic E-state index is 0.280. The molecule has 3 rings (SSSR count). The molecule has 0 spiro atoms. The van der Waals surface area contributed by atoms with E-state index in [9.17, 15) is 14.4 Å². The first kappa shape index (κ1) is 19.1. The molecule has 0 saturated heterocycles. The number of carbonyl (C=O) groups excluding carboxylic acids is 3. The standard InChI is InChI=1S/C22H19NO5/c1-15(28-21(25)14-27-20-9-5-4-8-18(20)13-24)22(26)23-19-11-10-16-6-2-3-7-17(16)12-19/h2-13,15H,14H2,1H3,(H,23,26)/t15-/m0/s1. The van der Waals surface area contributed by atoms with Gasteiger partial charge in [-0.1, -0.05) is 42.5 Å². The van der Waals surface area contributed by atoms with E-state index in [4.69, 9.17) is 9.47 Å². The van der Waals surface area contributed by atoms with Crippen LogP contribution in [0.4, 0.5) is 5.69 Å². The molecule has 0 fully saturated rings. The van der Waals surface area contributed by atoms with E-state index in [1.807, 2.05) is 36.4 Å². The van der Waals surface area contributed by atoms with E-state index in [0.717, 1.165) is 10.8 Å². The third-order valence-corrected chi connectivity index (χ3v) is 4.09. The highest BCUT2D eigenvalue weighted by Gasteiger charge is 2.18. The third kappa shape index (κ3) is 4.73. The van der Waals surface area contributed by atoms with Gasteiger partial charge in [0.2, 0.25) is 0 Å². The normalized spacial score (nSPS) is 11.5. The lowest BCUT2D eigenvalue weighted by atomic mass is 10.1. The Bertz CT molecular complexity index is 1010. The zero-order valence-electron chi connectivity index (χ0n) is 15.3. The molecule has 0 radical (unpaired) electrons. The molecule has 0 aliphatic heterocycles. The average molecular weight is 377 g/mol. The molecule has 1 amide bonds. The summed E-state index contributed by atoms with van der Waals surface area (Å²) in [6, 6.07) is 19.9. The van der Waals surface area contributed by atoms with Gasteiger partial charge in [0, 0.05) is 5.69 Å². The number of para-hydroxylation sites is 1. The van der Waals surface area contributed by atoms with Gasteiger partial charge in [-0.05, 0) is 42.0 Å². The van der Waals surface area contributed by atoms with Gasteiger partial charge < -0.3 is 14.8 Å². The van der Waals surface area contributed by atoms with Gasteiger partial charge in [0.1, 0.15) is 5.75 Å². The van der Waals surface area contributed by atoms with Gasteiger partial charge in [-0.2, -0.15) is 0 Å². The number of carbonyl (C=O) groups is 3. The number of ether oxygens (including phenoxy) is 2. The molecular weight excluding hydrogens is 358 g/mol. The minimum atomic E-state index is -0.996. The Balaban J connectivity index is 1.54. The van der Waals surface area contributed by atoms with Gasteiger partial charge in [0.05, 0.1) is 5.56 Å². The summed E-state index contributed by atoms with van der Waals surface area (Å²) in [5.41, 5.74) is 0.945. The van der Waals surface area contributed by atoms with Crippen LogP contribution in [0.2, 0.25) is 0 Å². The van der Waals surface area contributed by atoms with Crippen molar-refractivity contribution in [2.45, 2.75) is 13.0 Å². The molecule has 1 N–H and O–H groups in total. The largest absolute Gasteiger partial charge is 0.481 e. The predicted molar refractivity (Wildman–Crippen MR) is 105 cm³/mol. The van der Waals surface area contributed by atoms with Gasteiger partial charge in [0.15, 0.2) is 19.0 Å². The number of aldehydes is 1. The molecule has 142 valence electrons. The average Bonchev–Trinajstić information content (AvgIpc) is 2.72. The Morgan fingerprint density at radius 1 is 1.00 bits per heavy atom. The molecule has 28 heavy (non-hydrogen) atoms. The van der Waals surface area contributed by atoms with Crippen LogP contribution in [0, 0.1) is 0 Å². The van der Waals surface area contributed by atoms with Crippen LogP contribution in [-0.2, 0) is 14.3 Å². The molecule has 1 atom stereocenters. The molecule has 6 nitrogen and oxygen atoms in total. The topological polar surface area (TPSA) is 81.7 Å². The van der Waals surface area contributed by atoms with Crippen molar-refractivity contribution in [1.29, 1.82) is 0 Å². The summed E-state index contributed by atoms with van der Waals surface area (Å²) >= 11 is 0. The Morgan fingerprint density at radius 3 is 2.50 bits per heavy atom. The second-order valence-corrected chi connectivity index (χ2v) is 6.13. The summed E-state index contributed by atoms with van der Waals surface area (Å²) in [5, 5.41) is 4.78. The summed E-state index contributed by atoms with van der Waals surface area (Å²) in [6.07, 6.45) is -0.357. The van der Waals surface area contributed by atoms with Crippen LogP contribution in [0.5, 0.6) is 5.75 Å². The van der Waals surface area contributed by atoms with Crippen LogP contribution >= 0.6 is 0 Å². The second-order valence-electron chi connectivity index (χ2n) is 6.13. The van der Waals surface area contributed by atoms with Crippen LogP contribution in [0.3, 0.4) is 0 Å². The highest BCUT2D eigenvalue weighted by atomic mass is 16.6. The van der Waals surface area contributed by atoms with E-state index in [1.165, 1.54) is 6.92 Å². The molecule has 0 unspecified atom stereocenters. The molecule has 0 aromatic heterocycles. The van der Waals surface area contributed by atoms with Gasteiger partial charge in [-0.3, -0.25) is 9.59 Å². The summed E-state index contributed by atoms with van der Waals surface area (Å²) in [5.74, 6) is -0.874. The fraction of sp³-hybridized carbons (Fsp3) is 0.136. The monoisotopic (exact) mass is 377 g/mol. The lowest BCUT2D eigenvalue weighted by molar-refractivity contribution is -0.155. The minimum Gasteiger partial charge on any atom is -0.481 e. The number of hydrogen-bond donors (Lipinski definition) is 1. The van der Waals surface area contributed by atoms with E-state index in [2.05, 4.69) is 5.32 Å². The van der Waals surface area contributed by atoms with E-state index >= 15 is 0 Å². The van der Waals surface area contributed by atoms with Crippen LogP contribution < -0.4 is 10.1 Å². The summed E-state index contributed by atoms with van der Waals surface area (Å²) in [4.78, 5) is 35.2. The van der Waals surface area contributed by atoms with E-state index < -0.39 is 24.6 Å². The Morgan fingerprint density at radius 2 is 1.71 bits per heavy atom. The maximum atomic E-state index is 12.3. The quantitative estimate of drug-likeness (QED) is 0.503. The molecule has 0 bridgehead atoms. The number of benzene rings is 3. The molecule has 0 heterocycles. The van der Waals surface area contributed by atoms with E-state index in [0.29, 0.717) is 17.5 Å². The van der Waals surface area contributed by atoms with Crippen molar-refractivity contribution in [1.82, 2.24) is 0 Å². The van der Waals surface area contributed by atoms with Gasteiger partial charge in [0.25, 0.3) is 5.91 Å². The van der Waals surface area contributed by atoms with Crippen molar-refractivity contribution in [2.24, 2.45) is 0 Å². The number of fused-ring (bicyclic) bond motifs is 1. The van der Waals surface area contributed by atoms with Crippen molar-refractivity contribution in [3.05, 3.63) is 72.3 Å².